The molecule has 2 N–H and O–H groups in total. The Kier molecular flexibility index (Phi) is 9.75. The predicted molar refractivity (Wildman–Crippen MR) is 153 cm³/mol. The summed E-state index contributed by atoms with van der Waals surface area (Å²) in [6.07, 6.45) is 1.83. The van der Waals surface area contributed by atoms with Gasteiger partial charge in [0.2, 0.25) is 0 Å². The van der Waals surface area contributed by atoms with E-state index in [2.05, 4.69) is 22.1 Å². The molecule has 0 aliphatic rings. The largest absolute Gasteiger partial charge is 0.456 e. The first-order valence-electron chi connectivity index (χ1n) is 13.5. The lowest BCUT2D eigenvalue weighted by atomic mass is 9.99. The second kappa shape index (κ2) is 13.8. The van der Waals surface area contributed by atoms with Crippen LogP contribution in [0.5, 0.6) is 0 Å². The summed E-state index contributed by atoms with van der Waals surface area (Å²) in [5, 5.41) is 18.5. The van der Waals surface area contributed by atoms with Crippen LogP contribution in [0.4, 0.5) is 0 Å². The van der Waals surface area contributed by atoms with Crippen LogP contribution in [-0.2, 0) is 41.9 Å². The second-order valence-corrected chi connectivity index (χ2v) is 9.78. The molecule has 0 radical (unpaired) electrons. The van der Waals surface area contributed by atoms with Crippen LogP contribution in [0.25, 0.3) is 0 Å². The smallest absolute Gasteiger partial charge is 0.355 e. The van der Waals surface area contributed by atoms with Gasteiger partial charge in [-0.15, -0.1) is 0 Å². The van der Waals surface area contributed by atoms with Crippen LogP contribution < -0.4 is 0 Å². The lowest BCUT2D eigenvalue weighted by molar-refractivity contribution is 0.0457. The summed E-state index contributed by atoms with van der Waals surface area (Å²) in [4.78, 5) is 32.6. The fourth-order valence-corrected chi connectivity index (χ4v) is 4.91. The summed E-state index contributed by atoms with van der Waals surface area (Å²) in [6, 6.07) is 23.2. The predicted octanol–water partition coefficient (Wildman–Crippen LogP) is 6.18. The van der Waals surface area contributed by atoms with Crippen LogP contribution in [0.2, 0.25) is 0 Å². The zero-order chi connectivity index (χ0) is 29.2. The molecule has 2 aromatic heterocycles. The molecular formula is C33H32N4O4. The van der Waals surface area contributed by atoms with E-state index < -0.39 is 11.9 Å². The fourth-order valence-electron chi connectivity index (χ4n) is 4.91. The summed E-state index contributed by atoms with van der Waals surface area (Å²) >= 11 is 0. The quantitative estimate of drug-likeness (QED) is 0.203. The van der Waals surface area contributed by atoms with Crippen molar-refractivity contribution in [3.8, 4) is 12.1 Å². The number of nitriles is 2. The standard InChI is InChI=1S/C33H32N4O4/c1-22-26(15-9-17-34)28(36-30(22)32(38)40-20-24-11-5-3-6-12-24)19-29-27(16-10-18-35)23(2)31(37-29)33(39)41-21-25-13-7-4-8-14-25/h3-8,11-14,36-37H,9-10,15-16,19-21H2,1-2H3. The van der Waals surface area contributed by atoms with E-state index in [0.717, 1.165) is 44.8 Å². The van der Waals surface area contributed by atoms with Gasteiger partial charge in [-0.05, 0) is 60.1 Å². The highest BCUT2D eigenvalue weighted by Gasteiger charge is 2.24. The van der Waals surface area contributed by atoms with E-state index in [0.29, 0.717) is 30.7 Å². The van der Waals surface area contributed by atoms with Crippen molar-refractivity contribution in [3.63, 3.8) is 0 Å². The van der Waals surface area contributed by atoms with Crippen LogP contribution in [-0.4, -0.2) is 21.9 Å². The fraction of sp³-hybridized carbons (Fsp3) is 0.273. The van der Waals surface area contributed by atoms with Crippen LogP contribution in [0.3, 0.4) is 0 Å². The maximum atomic E-state index is 13.1. The molecule has 4 aromatic rings. The molecule has 0 bridgehead atoms. The Morgan fingerprint density at radius 3 is 1.44 bits per heavy atom. The maximum Gasteiger partial charge on any atom is 0.355 e. The Hall–Kier alpha value is -5.08. The number of ether oxygens (including phenoxy) is 2. The Morgan fingerprint density at radius 2 is 1.07 bits per heavy atom. The highest BCUT2D eigenvalue weighted by molar-refractivity contribution is 5.90. The number of rotatable bonds is 12. The number of H-pyrrole nitrogens is 2. The number of aromatic amines is 2. The summed E-state index contributed by atoms with van der Waals surface area (Å²) in [6.45, 7) is 3.97. The van der Waals surface area contributed by atoms with Crippen molar-refractivity contribution in [2.45, 2.75) is 59.2 Å². The summed E-state index contributed by atoms with van der Waals surface area (Å²) in [5.74, 6) is -0.957. The molecule has 0 saturated carbocycles. The third-order valence-corrected chi connectivity index (χ3v) is 7.10. The number of hydrogen-bond donors (Lipinski definition) is 2. The highest BCUT2D eigenvalue weighted by atomic mass is 16.5. The van der Waals surface area contributed by atoms with Gasteiger partial charge in [0.25, 0.3) is 0 Å². The van der Waals surface area contributed by atoms with Crippen molar-refractivity contribution in [3.05, 3.63) is 117 Å². The minimum Gasteiger partial charge on any atom is -0.456 e. The van der Waals surface area contributed by atoms with Crippen molar-refractivity contribution in [1.29, 1.82) is 10.5 Å². The molecule has 0 atom stereocenters. The molecule has 208 valence electrons. The molecule has 8 nitrogen and oxygen atoms in total. The van der Waals surface area contributed by atoms with Gasteiger partial charge in [-0.3, -0.25) is 0 Å². The molecule has 0 fully saturated rings. The highest BCUT2D eigenvalue weighted by Crippen LogP contribution is 2.28. The number of carbonyl (C=O) groups excluding carboxylic acids is 2. The Bertz CT molecular complexity index is 1470. The van der Waals surface area contributed by atoms with Gasteiger partial charge >= 0.3 is 11.9 Å². The summed E-state index contributed by atoms with van der Waals surface area (Å²) in [7, 11) is 0. The summed E-state index contributed by atoms with van der Waals surface area (Å²) in [5.41, 5.74) is 7.16. The Morgan fingerprint density at radius 1 is 0.683 bits per heavy atom. The van der Waals surface area contributed by atoms with Gasteiger partial charge in [-0.1, -0.05) is 60.7 Å². The third-order valence-electron chi connectivity index (χ3n) is 7.10. The lowest BCUT2D eigenvalue weighted by Crippen LogP contribution is -2.08. The number of esters is 2. The van der Waals surface area contributed by atoms with Gasteiger partial charge in [0.15, 0.2) is 0 Å². The molecule has 0 saturated heterocycles. The van der Waals surface area contributed by atoms with Crippen LogP contribution in [0.1, 0.15) is 78.6 Å². The SMILES string of the molecule is Cc1c(C(=O)OCc2ccccc2)[nH]c(Cc2[nH]c(C(=O)OCc3ccccc3)c(C)c2CCC#N)c1CCC#N. The summed E-state index contributed by atoms with van der Waals surface area (Å²) < 4.78 is 11.1. The van der Waals surface area contributed by atoms with Gasteiger partial charge in [-0.2, -0.15) is 10.5 Å². The van der Waals surface area contributed by atoms with Gasteiger partial charge in [0.1, 0.15) is 24.6 Å². The first-order chi connectivity index (χ1) is 19.9. The van der Waals surface area contributed by atoms with E-state index in [1.165, 1.54) is 0 Å². The second-order valence-electron chi connectivity index (χ2n) is 9.78. The van der Waals surface area contributed by atoms with Gasteiger partial charge in [0, 0.05) is 30.7 Å². The molecule has 2 aromatic carbocycles. The topological polar surface area (TPSA) is 132 Å². The number of nitrogens with zero attached hydrogens (tertiary/aromatic N) is 2. The van der Waals surface area contributed by atoms with Gasteiger partial charge in [0.05, 0.1) is 12.1 Å². The van der Waals surface area contributed by atoms with E-state index in [1.807, 2.05) is 74.5 Å². The van der Waals surface area contributed by atoms with Crippen molar-refractivity contribution < 1.29 is 19.1 Å². The average Bonchev–Trinajstić information content (AvgIpc) is 3.48. The number of hydrogen-bond acceptors (Lipinski definition) is 6. The molecule has 41 heavy (non-hydrogen) atoms. The van der Waals surface area contributed by atoms with E-state index in [1.54, 1.807) is 0 Å². The first kappa shape index (κ1) is 28.9. The zero-order valence-electron chi connectivity index (χ0n) is 23.3. The van der Waals surface area contributed by atoms with Gasteiger partial charge < -0.3 is 19.4 Å². The van der Waals surface area contributed by atoms with Crippen molar-refractivity contribution >= 4 is 11.9 Å². The molecule has 4 rings (SSSR count). The minimum atomic E-state index is -0.478. The molecule has 0 aliphatic carbocycles. The van der Waals surface area contributed by atoms with Crippen molar-refractivity contribution in [1.82, 2.24) is 9.97 Å². The molecule has 0 spiro atoms. The lowest BCUT2D eigenvalue weighted by Gasteiger charge is -2.06. The molecule has 0 aliphatic heterocycles. The van der Waals surface area contributed by atoms with E-state index >= 15 is 0 Å². The Labute approximate surface area is 239 Å². The molecule has 0 amide bonds. The van der Waals surface area contributed by atoms with Gasteiger partial charge in [-0.25, -0.2) is 9.59 Å². The average molecular weight is 549 g/mol. The zero-order valence-corrected chi connectivity index (χ0v) is 23.3. The monoisotopic (exact) mass is 548 g/mol. The maximum absolute atomic E-state index is 13.1. The van der Waals surface area contributed by atoms with Crippen LogP contribution in [0, 0.1) is 36.5 Å². The number of aromatic nitrogens is 2. The van der Waals surface area contributed by atoms with Crippen molar-refractivity contribution in [2.75, 3.05) is 0 Å². The van der Waals surface area contributed by atoms with Crippen molar-refractivity contribution in [2.24, 2.45) is 0 Å². The number of carbonyl (C=O) groups is 2. The van der Waals surface area contributed by atoms with E-state index in [-0.39, 0.29) is 26.1 Å². The molecule has 2 heterocycles. The normalized spacial score (nSPS) is 10.5. The van der Waals surface area contributed by atoms with Crippen LogP contribution >= 0.6 is 0 Å². The molecule has 0 unspecified atom stereocenters. The van der Waals surface area contributed by atoms with E-state index in [4.69, 9.17) is 9.47 Å². The molecular weight excluding hydrogens is 516 g/mol. The third kappa shape index (κ3) is 7.12. The number of benzene rings is 2. The van der Waals surface area contributed by atoms with Crippen LogP contribution in [0.15, 0.2) is 60.7 Å². The minimum absolute atomic E-state index is 0.142. The number of nitrogens with one attached hydrogen (secondary N) is 2. The van der Waals surface area contributed by atoms with E-state index in [9.17, 15) is 20.1 Å². The first-order valence-corrected chi connectivity index (χ1v) is 13.5. The molecule has 8 heteroatoms. The Balaban J connectivity index is 1.61.